The molecule has 1 aliphatic heterocycles. The zero-order valence-corrected chi connectivity index (χ0v) is 26.4. The lowest BCUT2D eigenvalue weighted by atomic mass is 9.85. The predicted molar refractivity (Wildman–Crippen MR) is 165 cm³/mol. The molecule has 4 amide bonds. The summed E-state index contributed by atoms with van der Waals surface area (Å²) in [5.74, 6) is -1.26. The van der Waals surface area contributed by atoms with Gasteiger partial charge in [0.2, 0.25) is 17.7 Å². The zero-order valence-electron chi connectivity index (χ0n) is 26.4. The Morgan fingerprint density at radius 1 is 1.05 bits per heavy atom. The fourth-order valence-electron chi connectivity index (χ4n) is 5.20. The van der Waals surface area contributed by atoms with Gasteiger partial charge in [-0.25, -0.2) is 4.39 Å². The lowest BCUT2D eigenvalue weighted by Crippen LogP contribution is -2.59. The van der Waals surface area contributed by atoms with E-state index in [9.17, 15) is 23.6 Å². The summed E-state index contributed by atoms with van der Waals surface area (Å²) in [6.45, 7) is 11.7. The molecular weight excluding hydrogens is 549 g/mol. The van der Waals surface area contributed by atoms with Crippen LogP contribution in [0, 0.1) is 18.2 Å². The van der Waals surface area contributed by atoms with Crippen LogP contribution in [0.4, 0.5) is 4.39 Å². The Kier molecular flexibility index (Phi) is 11.4. The number of hydrogen-bond acceptors (Lipinski definition) is 5. The maximum Gasteiger partial charge on any atom is 0.251 e. The minimum atomic E-state index is -0.824. The maximum atomic E-state index is 14.2. The highest BCUT2D eigenvalue weighted by Gasteiger charge is 2.43. The Balaban J connectivity index is 1.85. The molecule has 43 heavy (non-hydrogen) atoms. The van der Waals surface area contributed by atoms with Crippen molar-refractivity contribution in [2.45, 2.75) is 78.6 Å². The number of nitrogens with one attached hydrogen (secondary N) is 3. The Hall–Kier alpha value is -3.79. The molecule has 2 aromatic rings. The summed E-state index contributed by atoms with van der Waals surface area (Å²) in [4.78, 5) is 56.2. The van der Waals surface area contributed by atoms with E-state index in [-0.39, 0.29) is 48.6 Å². The molecule has 1 heterocycles. The van der Waals surface area contributed by atoms with Crippen molar-refractivity contribution >= 4 is 23.6 Å². The first-order valence-electron chi connectivity index (χ1n) is 14.8. The maximum absolute atomic E-state index is 14.2. The van der Waals surface area contributed by atoms with Gasteiger partial charge in [-0.3, -0.25) is 19.2 Å². The van der Waals surface area contributed by atoms with Crippen LogP contribution in [0.25, 0.3) is 0 Å². The molecule has 0 bridgehead atoms. The van der Waals surface area contributed by atoms with Crippen molar-refractivity contribution < 1.29 is 23.6 Å². The number of aryl methyl sites for hydroxylation is 1. The van der Waals surface area contributed by atoms with Crippen molar-refractivity contribution in [2.24, 2.45) is 5.41 Å². The Bertz CT molecular complexity index is 1280. The third-order valence-electron chi connectivity index (χ3n) is 8.03. The highest BCUT2D eigenvalue weighted by Crippen LogP contribution is 2.27. The summed E-state index contributed by atoms with van der Waals surface area (Å²) in [5.41, 5.74) is 1.86. The molecule has 0 saturated carbocycles. The van der Waals surface area contributed by atoms with Gasteiger partial charge in [0.25, 0.3) is 5.91 Å². The molecule has 0 aromatic heterocycles. The van der Waals surface area contributed by atoms with E-state index in [1.54, 1.807) is 48.0 Å². The molecule has 3 N–H and O–H groups in total. The van der Waals surface area contributed by atoms with E-state index < -0.39 is 23.5 Å². The van der Waals surface area contributed by atoms with E-state index in [0.717, 1.165) is 11.1 Å². The van der Waals surface area contributed by atoms with Crippen LogP contribution in [-0.4, -0.2) is 84.3 Å². The van der Waals surface area contributed by atoms with Gasteiger partial charge in [0.15, 0.2) is 0 Å². The molecule has 1 saturated heterocycles. The lowest BCUT2D eigenvalue weighted by molar-refractivity contribution is -0.141. The van der Waals surface area contributed by atoms with E-state index >= 15 is 0 Å². The van der Waals surface area contributed by atoms with E-state index in [4.69, 9.17) is 0 Å². The van der Waals surface area contributed by atoms with Gasteiger partial charge in [-0.05, 0) is 69.0 Å². The molecule has 234 valence electrons. The predicted octanol–water partition coefficient (Wildman–Crippen LogP) is 3.06. The number of carbonyl (C=O) groups excluding carboxylic acids is 4. The molecule has 10 heteroatoms. The largest absolute Gasteiger partial charge is 0.347 e. The molecule has 9 nitrogen and oxygen atoms in total. The highest BCUT2D eigenvalue weighted by molar-refractivity contribution is 5.94. The second-order valence-corrected chi connectivity index (χ2v) is 12.6. The minimum absolute atomic E-state index is 0.148. The smallest absolute Gasteiger partial charge is 0.251 e. The van der Waals surface area contributed by atoms with Gasteiger partial charge < -0.3 is 25.8 Å². The summed E-state index contributed by atoms with van der Waals surface area (Å²) in [7, 11) is 1.68. The van der Waals surface area contributed by atoms with Gasteiger partial charge in [-0.1, -0.05) is 50.6 Å². The second-order valence-electron chi connectivity index (χ2n) is 12.6. The van der Waals surface area contributed by atoms with Crippen LogP contribution in [0.15, 0.2) is 48.5 Å². The molecule has 0 aliphatic carbocycles. The average molecular weight is 596 g/mol. The number of carbonyl (C=O) groups is 4. The van der Waals surface area contributed by atoms with Crippen molar-refractivity contribution in [1.29, 1.82) is 0 Å². The summed E-state index contributed by atoms with van der Waals surface area (Å²) in [5, 5.41) is 8.91. The Morgan fingerprint density at radius 3 is 2.23 bits per heavy atom. The number of hydrogen-bond donors (Lipinski definition) is 3. The third-order valence-corrected chi connectivity index (χ3v) is 8.03. The summed E-state index contributed by atoms with van der Waals surface area (Å²) >= 11 is 0. The molecular formula is C33H46FN5O4. The fourth-order valence-corrected chi connectivity index (χ4v) is 5.20. The van der Waals surface area contributed by atoms with E-state index in [0.29, 0.717) is 24.9 Å². The number of benzene rings is 2. The average Bonchev–Trinajstić information content (AvgIpc) is 3.35. The first kappa shape index (κ1) is 33.7. The second kappa shape index (κ2) is 14.6. The van der Waals surface area contributed by atoms with Crippen LogP contribution in [0.3, 0.4) is 0 Å². The quantitative estimate of drug-likeness (QED) is 0.370. The van der Waals surface area contributed by atoms with Crippen molar-refractivity contribution in [3.63, 3.8) is 0 Å². The summed E-state index contributed by atoms with van der Waals surface area (Å²) in [6, 6.07) is 11.4. The topological polar surface area (TPSA) is 111 Å². The first-order valence-corrected chi connectivity index (χ1v) is 14.8. The van der Waals surface area contributed by atoms with Gasteiger partial charge in [-0.2, -0.15) is 0 Å². The van der Waals surface area contributed by atoms with Gasteiger partial charge >= 0.3 is 0 Å². The van der Waals surface area contributed by atoms with Crippen molar-refractivity contribution in [1.82, 2.24) is 25.8 Å². The molecule has 0 radical (unpaired) electrons. The fraction of sp³-hybridized carbons (Fsp3) is 0.515. The standard InChI is InChI=1S/C33H46FN5O4/c1-21-8-12-25(13-9-21)31(42)36-27-18-28(20-38(23(3)40)17-16-24-10-14-26(34)15-11-24)39(19-27)32(43)29(33(4,5)6)37-30(41)22(2)35-7/h8-15,22,27-29,35H,16-20H2,1-7H3,(H,36,42)(H,37,41)/t22-,27-,28-,29+/m0/s1. The highest BCUT2D eigenvalue weighted by atomic mass is 19.1. The van der Waals surface area contributed by atoms with Crippen molar-refractivity contribution in [3.8, 4) is 0 Å². The normalized spacial score (nSPS) is 18.1. The lowest BCUT2D eigenvalue weighted by Gasteiger charge is -2.37. The summed E-state index contributed by atoms with van der Waals surface area (Å²) in [6.07, 6.45) is 0.970. The molecule has 3 rings (SSSR count). The SMILES string of the molecule is CN[C@@H](C)C(=O)N[C@H](C(=O)N1C[C@@H](NC(=O)c2ccc(C)cc2)C[C@H]1CN(CCc1ccc(F)cc1)C(C)=O)C(C)(C)C. The van der Waals surface area contributed by atoms with E-state index in [1.165, 1.54) is 19.1 Å². The third kappa shape index (κ3) is 9.35. The van der Waals surface area contributed by atoms with Crippen LogP contribution in [0.5, 0.6) is 0 Å². The van der Waals surface area contributed by atoms with E-state index in [2.05, 4.69) is 16.0 Å². The number of likely N-dealkylation sites (N-methyl/N-ethyl adjacent to an activating group) is 1. The van der Waals surface area contributed by atoms with Crippen LogP contribution in [-0.2, 0) is 20.8 Å². The number of likely N-dealkylation sites (tertiary alicyclic amines) is 1. The van der Waals surface area contributed by atoms with Gasteiger partial charge in [0.05, 0.1) is 12.1 Å². The molecule has 1 aliphatic rings. The zero-order chi connectivity index (χ0) is 31.9. The van der Waals surface area contributed by atoms with Gasteiger partial charge in [0, 0.05) is 38.2 Å². The van der Waals surface area contributed by atoms with Crippen LogP contribution in [0.1, 0.15) is 62.5 Å². The number of rotatable bonds is 11. The molecule has 2 aromatic carbocycles. The Labute approximate surface area is 254 Å². The molecule has 1 fully saturated rings. The van der Waals surface area contributed by atoms with Crippen LogP contribution < -0.4 is 16.0 Å². The summed E-state index contributed by atoms with van der Waals surface area (Å²) < 4.78 is 13.4. The first-order chi connectivity index (χ1) is 20.2. The number of amides is 4. The molecule has 4 atom stereocenters. The molecule has 0 spiro atoms. The van der Waals surface area contributed by atoms with E-state index in [1.807, 2.05) is 39.8 Å². The van der Waals surface area contributed by atoms with Crippen molar-refractivity contribution in [3.05, 3.63) is 71.0 Å². The van der Waals surface area contributed by atoms with Gasteiger partial charge in [-0.15, -0.1) is 0 Å². The molecule has 0 unspecified atom stereocenters. The number of halogens is 1. The van der Waals surface area contributed by atoms with Crippen molar-refractivity contribution in [2.75, 3.05) is 26.7 Å². The van der Waals surface area contributed by atoms with Crippen LogP contribution in [0.2, 0.25) is 0 Å². The van der Waals surface area contributed by atoms with Gasteiger partial charge in [0.1, 0.15) is 11.9 Å². The minimum Gasteiger partial charge on any atom is -0.347 e. The Morgan fingerprint density at radius 2 is 1.67 bits per heavy atom. The van der Waals surface area contributed by atoms with Crippen LogP contribution >= 0.6 is 0 Å². The number of nitrogens with zero attached hydrogens (tertiary/aromatic N) is 2. The monoisotopic (exact) mass is 595 g/mol.